The summed E-state index contributed by atoms with van der Waals surface area (Å²) in [5.41, 5.74) is 2.96. The number of anilines is 2. The van der Waals surface area contributed by atoms with Crippen LogP contribution in [0.3, 0.4) is 0 Å². The molecule has 0 fully saturated rings. The molecule has 122 valence electrons. The van der Waals surface area contributed by atoms with Crippen molar-refractivity contribution >= 4 is 29.0 Å². The third-order valence-electron chi connectivity index (χ3n) is 3.52. The van der Waals surface area contributed by atoms with E-state index in [0.717, 1.165) is 11.1 Å². The standard InChI is InChI=1S/C17H19ClN2O3/c1-9-5-4-6-10(2)15(9)20-17(23)19-14-8-12(18)7-13(11(3)21)16(14)22/h4-8,11,21-22H,1-3H3,(H2,19,20,23). The summed E-state index contributed by atoms with van der Waals surface area (Å²) in [4.78, 5) is 12.2. The van der Waals surface area contributed by atoms with E-state index in [2.05, 4.69) is 10.6 Å². The van der Waals surface area contributed by atoms with Gasteiger partial charge in [0.15, 0.2) is 0 Å². The van der Waals surface area contributed by atoms with Gasteiger partial charge >= 0.3 is 6.03 Å². The molecule has 2 amide bonds. The Hall–Kier alpha value is -2.24. The first-order valence-corrected chi connectivity index (χ1v) is 7.52. The molecule has 0 heterocycles. The van der Waals surface area contributed by atoms with E-state index in [-0.39, 0.29) is 17.0 Å². The molecule has 0 aliphatic rings. The highest BCUT2D eigenvalue weighted by Crippen LogP contribution is 2.35. The van der Waals surface area contributed by atoms with Crippen molar-refractivity contribution in [3.63, 3.8) is 0 Å². The zero-order chi connectivity index (χ0) is 17.1. The van der Waals surface area contributed by atoms with Crippen LogP contribution < -0.4 is 10.6 Å². The molecule has 0 saturated carbocycles. The third kappa shape index (κ3) is 3.94. The molecule has 6 heteroatoms. The van der Waals surface area contributed by atoms with Crippen LogP contribution in [0.5, 0.6) is 5.75 Å². The van der Waals surface area contributed by atoms with Crippen LogP contribution in [0.2, 0.25) is 5.02 Å². The number of carbonyl (C=O) groups is 1. The second-order valence-electron chi connectivity index (χ2n) is 5.41. The van der Waals surface area contributed by atoms with Gasteiger partial charge in [-0.2, -0.15) is 0 Å². The Labute approximate surface area is 139 Å². The molecule has 2 rings (SSSR count). The Kier molecular flexibility index (Phi) is 5.13. The number of hydrogen-bond donors (Lipinski definition) is 4. The van der Waals surface area contributed by atoms with Crippen LogP contribution in [0.4, 0.5) is 16.2 Å². The predicted molar refractivity (Wildman–Crippen MR) is 92.3 cm³/mol. The van der Waals surface area contributed by atoms with Gasteiger partial charge in [0.05, 0.1) is 11.8 Å². The average molecular weight is 335 g/mol. The maximum atomic E-state index is 12.2. The van der Waals surface area contributed by atoms with Crippen molar-refractivity contribution in [3.8, 4) is 5.75 Å². The summed E-state index contributed by atoms with van der Waals surface area (Å²) in [6.07, 6.45) is -0.907. The highest BCUT2D eigenvalue weighted by molar-refractivity contribution is 6.31. The number of hydrogen-bond acceptors (Lipinski definition) is 3. The molecule has 1 atom stereocenters. The van der Waals surface area contributed by atoms with E-state index >= 15 is 0 Å². The van der Waals surface area contributed by atoms with E-state index in [4.69, 9.17) is 11.6 Å². The second kappa shape index (κ2) is 6.89. The summed E-state index contributed by atoms with van der Waals surface area (Å²) in [6, 6.07) is 8.07. The Morgan fingerprint density at radius 3 is 2.35 bits per heavy atom. The number of amides is 2. The summed E-state index contributed by atoms with van der Waals surface area (Å²) >= 11 is 5.97. The Morgan fingerprint density at radius 2 is 1.78 bits per heavy atom. The maximum Gasteiger partial charge on any atom is 0.323 e. The number of aryl methyl sites for hydroxylation is 2. The Morgan fingerprint density at radius 1 is 1.17 bits per heavy atom. The van der Waals surface area contributed by atoms with Crippen LogP contribution in [0.1, 0.15) is 29.7 Å². The number of phenols is 1. The number of urea groups is 1. The van der Waals surface area contributed by atoms with Crippen molar-refractivity contribution in [1.82, 2.24) is 0 Å². The molecule has 0 aliphatic heterocycles. The van der Waals surface area contributed by atoms with Crippen LogP contribution in [0, 0.1) is 13.8 Å². The van der Waals surface area contributed by atoms with Crippen molar-refractivity contribution in [1.29, 1.82) is 0 Å². The highest BCUT2D eigenvalue weighted by Gasteiger charge is 2.16. The van der Waals surface area contributed by atoms with Gasteiger partial charge in [0.2, 0.25) is 0 Å². The van der Waals surface area contributed by atoms with Gasteiger partial charge in [0.25, 0.3) is 0 Å². The number of rotatable bonds is 3. The third-order valence-corrected chi connectivity index (χ3v) is 3.74. The van der Waals surface area contributed by atoms with Crippen molar-refractivity contribution < 1.29 is 15.0 Å². The molecule has 0 aliphatic carbocycles. The number of nitrogens with one attached hydrogen (secondary N) is 2. The predicted octanol–water partition coefficient (Wildman–Crippen LogP) is 4.36. The highest BCUT2D eigenvalue weighted by atomic mass is 35.5. The van der Waals surface area contributed by atoms with Crippen molar-refractivity contribution in [3.05, 3.63) is 52.0 Å². The van der Waals surface area contributed by atoms with Crippen LogP contribution >= 0.6 is 11.6 Å². The van der Waals surface area contributed by atoms with Crippen LogP contribution in [-0.4, -0.2) is 16.2 Å². The zero-order valence-electron chi connectivity index (χ0n) is 13.1. The molecule has 5 nitrogen and oxygen atoms in total. The second-order valence-corrected chi connectivity index (χ2v) is 5.85. The summed E-state index contributed by atoms with van der Waals surface area (Å²) in [5.74, 6) is -0.207. The number of aliphatic hydroxyl groups is 1. The molecule has 0 aromatic heterocycles. The number of halogens is 1. The number of aromatic hydroxyl groups is 1. The monoisotopic (exact) mass is 334 g/mol. The van der Waals surface area contributed by atoms with Gasteiger partial charge in [-0.1, -0.05) is 29.8 Å². The fourth-order valence-electron chi connectivity index (χ4n) is 2.31. The minimum Gasteiger partial charge on any atom is -0.505 e. The van der Waals surface area contributed by atoms with E-state index < -0.39 is 12.1 Å². The number of benzene rings is 2. The number of carbonyl (C=O) groups excluding carboxylic acids is 1. The fourth-order valence-corrected chi connectivity index (χ4v) is 2.54. The van der Waals surface area contributed by atoms with Crippen LogP contribution in [0.15, 0.2) is 30.3 Å². The molecule has 23 heavy (non-hydrogen) atoms. The SMILES string of the molecule is Cc1cccc(C)c1NC(=O)Nc1cc(Cl)cc(C(C)O)c1O. The van der Waals surface area contributed by atoms with Crippen LogP contribution in [-0.2, 0) is 0 Å². The normalized spacial score (nSPS) is 11.9. The number of phenolic OH excluding ortho intramolecular Hbond substituents is 1. The molecule has 0 spiro atoms. The fraction of sp³-hybridized carbons (Fsp3) is 0.235. The molecule has 2 aromatic rings. The van der Waals surface area contributed by atoms with Gasteiger partial charge in [-0.15, -0.1) is 0 Å². The molecule has 1 unspecified atom stereocenters. The van der Waals surface area contributed by atoms with Gasteiger partial charge in [-0.3, -0.25) is 0 Å². The molecule has 0 radical (unpaired) electrons. The van der Waals surface area contributed by atoms with Gasteiger partial charge in [0.1, 0.15) is 5.75 Å². The van der Waals surface area contributed by atoms with Gasteiger partial charge in [0, 0.05) is 16.3 Å². The average Bonchev–Trinajstić information content (AvgIpc) is 2.46. The van der Waals surface area contributed by atoms with E-state index in [0.29, 0.717) is 10.7 Å². The van der Waals surface area contributed by atoms with Gasteiger partial charge < -0.3 is 20.8 Å². The number of aliphatic hydroxyl groups excluding tert-OH is 1. The first-order valence-electron chi connectivity index (χ1n) is 7.14. The summed E-state index contributed by atoms with van der Waals surface area (Å²) in [6.45, 7) is 5.29. The molecule has 2 aromatic carbocycles. The zero-order valence-corrected chi connectivity index (χ0v) is 13.9. The minimum absolute atomic E-state index is 0.136. The maximum absolute atomic E-state index is 12.2. The first-order chi connectivity index (χ1) is 10.8. The Bertz CT molecular complexity index is 725. The van der Waals surface area contributed by atoms with E-state index in [1.165, 1.54) is 19.1 Å². The van der Waals surface area contributed by atoms with Crippen LogP contribution in [0.25, 0.3) is 0 Å². The molecular weight excluding hydrogens is 316 g/mol. The summed E-state index contributed by atoms with van der Waals surface area (Å²) in [5, 5.41) is 25.4. The van der Waals surface area contributed by atoms with E-state index in [1.807, 2.05) is 32.0 Å². The molecular formula is C17H19ClN2O3. The van der Waals surface area contributed by atoms with Gasteiger partial charge in [-0.25, -0.2) is 4.79 Å². The lowest BCUT2D eigenvalue weighted by atomic mass is 10.1. The molecule has 4 N–H and O–H groups in total. The molecule has 0 bridgehead atoms. The topological polar surface area (TPSA) is 81.6 Å². The Balaban J connectivity index is 2.24. The van der Waals surface area contributed by atoms with E-state index in [1.54, 1.807) is 0 Å². The summed E-state index contributed by atoms with van der Waals surface area (Å²) in [7, 11) is 0. The van der Waals surface area contributed by atoms with E-state index in [9.17, 15) is 15.0 Å². The molecule has 0 saturated heterocycles. The van der Waals surface area contributed by atoms with Crippen molar-refractivity contribution in [2.75, 3.05) is 10.6 Å². The first kappa shape index (κ1) is 17.1. The quantitative estimate of drug-likeness (QED) is 0.629. The minimum atomic E-state index is -0.907. The lowest BCUT2D eigenvalue weighted by molar-refractivity contribution is 0.195. The van der Waals surface area contributed by atoms with Gasteiger partial charge in [-0.05, 0) is 44.0 Å². The van der Waals surface area contributed by atoms with Crippen molar-refractivity contribution in [2.24, 2.45) is 0 Å². The smallest absolute Gasteiger partial charge is 0.323 e. The number of para-hydroxylation sites is 1. The lowest BCUT2D eigenvalue weighted by Gasteiger charge is -2.15. The lowest BCUT2D eigenvalue weighted by Crippen LogP contribution is -2.21. The summed E-state index contributed by atoms with van der Waals surface area (Å²) < 4.78 is 0. The van der Waals surface area contributed by atoms with Crippen molar-refractivity contribution in [2.45, 2.75) is 26.9 Å². The largest absolute Gasteiger partial charge is 0.505 e.